The summed E-state index contributed by atoms with van der Waals surface area (Å²) in [5.74, 6) is 0.273. The predicted octanol–water partition coefficient (Wildman–Crippen LogP) is -0.958. The van der Waals surface area contributed by atoms with Crippen LogP contribution in [0.1, 0.15) is 18.6 Å². The molecule has 1 aliphatic heterocycles. The van der Waals surface area contributed by atoms with Crippen LogP contribution in [0.3, 0.4) is 0 Å². The van der Waals surface area contributed by atoms with Crippen LogP contribution in [0.2, 0.25) is 0 Å². The van der Waals surface area contributed by atoms with Gasteiger partial charge in [0.05, 0.1) is 5.52 Å². The number of rotatable bonds is 1. The van der Waals surface area contributed by atoms with E-state index in [-0.39, 0.29) is 5.82 Å². The van der Waals surface area contributed by atoms with E-state index in [1.807, 2.05) is 0 Å². The van der Waals surface area contributed by atoms with Gasteiger partial charge in [0.15, 0.2) is 12.1 Å². The second kappa shape index (κ2) is 3.87. The molecular weight excluding hydrogens is 252 g/mol. The molecule has 3 heterocycles. The van der Waals surface area contributed by atoms with E-state index in [9.17, 15) is 15.3 Å². The minimum atomic E-state index is -1.63. The second-order valence-corrected chi connectivity index (χ2v) is 4.80. The molecule has 6 N–H and O–H groups in total. The molecule has 1 saturated heterocycles. The van der Waals surface area contributed by atoms with E-state index in [4.69, 9.17) is 10.5 Å². The van der Waals surface area contributed by atoms with Gasteiger partial charge >= 0.3 is 0 Å². The third-order valence-electron chi connectivity index (χ3n) is 3.48. The first kappa shape index (κ1) is 12.3. The topological polar surface area (TPSA) is 138 Å². The van der Waals surface area contributed by atoms with Crippen molar-refractivity contribution in [3.8, 4) is 0 Å². The summed E-state index contributed by atoms with van der Waals surface area (Å²) in [6.45, 7) is 1.39. The number of aromatic nitrogens is 3. The Morgan fingerprint density at radius 1 is 1.42 bits per heavy atom. The predicted molar refractivity (Wildman–Crippen MR) is 64.8 cm³/mol. The molecule has 0 radical (unpaired) electrons. The Hall–Kier alpha value is -1.74. The van der Waals surface area contributed by atoms with Crippen molar-refractivity contribution in [3.05, 3.63) is 18.1 Å². The first-order chi connectivity index (χ1) is 8.93. The van der Waals surface area contributed by atoms with Gasteiger partial charge in [0.25, 0.3) is 0 Å². The molecule has 102 valence electrons. The van der Waals surface area contributed by atoms with Crippen molar-refractivity contribution in [2.75, 3.05) is 5.73 Å². The Morgan fingerprint density at radius 3 is 2.79 bits per heavy atom. The SMILES string of the molecule is C[C@@]1(O)[C@H](O)C(O)O[C@H]1c1c[nH]c2c(N)ncnc12. The number of aromatic amines is 1. The third-order valence-corrected chi connectivity index (χ3v) is 3.48. The highest BCUT2D eigenvalue weighted by Crippen LogP contribution is 2.42. The first-order valence-electron chi connectivity index (χ1n) is 5.74. The van der Waals surface area contributed by atoms with Crippen molar-refractivity contribution < 1.29 is 20.1 Å². The van der Waals surface area contributed by atoms with Gasteiger partial charge in [-0.2, -0.15) is 0 Å². The number of hydrogen-bond donors (Lipinski definition) is 5. The van der Waals surface area contributed by atoms with Crippen molar-refractivity contribution in [1.82, 2.24) is 15.0 Å². The zero-order valence-electron chi connectivity index (χ0n) is 10.1. The van der Waals surface area contributed by atoms with E-state index >= 15 is 0 Å². The fourth-order valence-corrected chi connectivity index (χ4v) is 2.36. The largest absolute Gasteiger partial charge is 0.385 e. The number of nitrogens with zero attached hydrogens (tertiary/aromatic N) is 2. The van der Waals surface area contributed by atoms with E-state index < -0.39 is 24.1 Å². The number of H-pyrrole nitrogens is 1. The number of nitrogens with one attached hydrogen (secondary N) is 1. The number of nitrogens with two attached hydrogens (primary N) is 1. The number of ether oxygens (including phenoxy) is 1. The van der Waals surface area contributed by atoms with E-state index in [0.717, 1.165) is 0 Å². The van der Waals surface area contributed by atoms with Crippen molar-refractivity contribution in [2.24, 2.45) is 0 Å². The molecule has 0 saturated carbocycles. The van der Waals surface area contributed by atoms with E-state index in [1.165, 1.54) is 13.3 Å². The molecule has 1 fully saturated rings. The molecule has 1 aliphatic rings. The van der Waals surface area contributed by atoms with Crippen LogP contribution >= 0.6 is 0 Å². The van der Waals surface area contributed by atoms with Gasteiger partial charge in [-0.05, 0) is 6.92 Å². The van der Waals surface area contributed by atoms with Crippen LogP contribution in [-0.2, 0) is 4.74 Å². The standard InChI is InChI=1S/C11H14N4O4/c1-11(18)7(16)10(17)19-8(11)4-2-13-6-5(4)14-3-15-9(6)12/h2-3,7-8,10,13,16-18H,1H3,(H2,12,14,15)/t7-,8+,10?,11-/m1/s1. The average Bonchev–Trinajstić information content (AvgIpc) is 2.86. The van der Waals surface area contributed by atoms with Crippen LogP contribution in [0.15, 0.2) is 12.5 Å². The monoisotopic (exact) mass is 266 g/mol. The highest BCUT2D eigenvalue weighted by Gasteiger charge is 2.53. The van der Waals surface area contributed by atoms with Gasteiger partial charge in [0, 0.05) is 11.8 Å². The fourth-order valence-electron chi connectivity index (χ4n) is 2.36. The Labute approximate surface area is 107 Å². The van der Waals surface area contributed by atoms with Crippen molar-refractivity contribution in [3.63, 3.8) is 0 Å². The van der Waals surface area contributed by atoms with Crippen LogP contribution in [0, 0.1) is 0 Å². The minimum Gasteiger partial charge on any atom is -0.385 e. The molecule has 0 amide bonds. The van der Waals surface area contributed by atoms with Crippen molar-refractivity contribution in [1.29, 1.82) is 0 Å². The Bertz CT molecular complexity index is 626. The number of aliphatic hydroxyl groups excluding tert-OH is 2. The summed E-state index contributed by atoms with van der Waals surface area (Å²) in [6.07, 6.45) is -0.906. The molecule has 8 nitrogen and oxygen atoms in total. The van der Waals surface area contributed by atoms with Crippen molar-refractivity contribution in [2.45, 2.75) is 31.0 Å². The quantitative estimate of drug-likeness (QED) is 0.448. The highest BCUT2D eigenvalue weighted by molar-refractivity contribution is 5.87. The summed E-state index contributed by atoms with van der Waals surface area (Å²) >= 11 is 0. The van der Waals surface area contributed by atoms with E-state index in [0.29, 0.717) is 16.6 Å². The molecule has 2 aromatic heterocycles. The maximum atomic E-state index is 10.3. The Morgan fingerprint density at radius 2 is 2.16 bits per heavy atom. The van der Waals surface area contributed by atoms with Gasteiger partial charge in [-0.25, -0.2) is 9.97 Å². The fraction of sp³-hybridized carbons (Fsp3) is 0.455. The number of fused-ring (bicyclic) bond motifs is 1. The summed E-state index contributed by atoms with van der Waals surface area (Å²) in [7, 11) is 0. The molecule has 8 heteroatoms. The number of hydrogen-bond acceptors (Lipinski definition) is 7. The van der Waals surface area contributed by atoms with Crippen LogP contribution < -0.4 is 5.73 Å². The zero-order chi connectivity index (χ0) is 13.8. The molecule has 0 aliphatic carbocycles. The molecule has 4 atom stereocenters. The van der Waals surface area contributed by atoms with Gasteiger partial charge in [-0.15, -0.1) is 0 Å². The minimum absolute atomic E-state index is 0.273. The molecule has 2 aromatic rings. The Balaban J connectivity index is 2.13. The van der Waals surface area contributed by atoms with E-state index in [2.05, 4.69) is 15.0 Å². The van der Waals surface area contributed by atoms with Gasteiger partial charge in [-0.1, -0.05) is 0 Å². The summed E-state index contributed by atoms with van der Waals surface area (Å²) in [6, 6.07) is 0. The van der Waals surface area contributed by atoms with Crippen LogP contribution in [0.25, 0.3) is 11.0 Å². The normalized spacial score (nSPS) is 35.1. The lowest BCUT2D eigenvalue weighted by molar-refractivity contribution is -0.128. The lowest BCUT2D eigenvalue weighted by Gasteiger charge is -2.25. The maximum Gasteiger partial charge on any atom is 0.184 e. The molecule has 0 bridgehead atoms. The van der Waals surface area contributed by atoms with Crippen molar-refractivity contribution >= 4 is 16.9 Å². The molecule has 3 rings (SSSR count). The number of nitrogen functional groups attached to an aromatic ring is 1. The number of aliphatic hydroxyl groups is 3. The van der Waals surface area contributed by atoms with Gasteiger partial charge in [0.2, 0.25) is 0 Å². The Kier molecular flexibility index (Phi) is 2.51. The van der Waals surface area contributed by atoms with Crippen LogP contribution in [-0.4, -0.2) is 48.3 Å². The van der Waals surface area contributed by atoms with Gasteiger partial charge in [-0.3, -0.25) is 0 Å². The second-order valence-electron chi connectivity index (χ2n) is 4.80. The van der Waals surface area contributed by atoms with Crippen LogP contribution in [0.5, 0.6) is 0 Å². The summed E-state index contributed by atoms with van der Waals surface area (Å²) < 4.78 is 5.22. The summed E-state index contributed by atoms with van der Waals surface area (Å²) in [5.41, 5.74) is 5.59. The van der Waals surface area contributed by atoms with Gasteiger partial charge < -0.3 is 30.8 Å². The average molecular weight is 266 g/mol. The first-order valence-corrected chi connectivity index (χ1v) is 5.74. The highest BCUT2D eigenvalue weighted by atomic mass is 16.6. The summed E-state index contributed by atoms with van der Waals surface area (Å²) in [5, 5.41) is 29.5. The third kappa shape index (κ3) is 1.61. The van der Waals surface area contributed by atoms with Gasteiger partial charge in [0.1, 0.15) is 29.7 Å². The smallest absolute Gasteiger partial charge is 0.184 e. The van der Waals surface area contributed by atoms with E-state index in [1.54, 1.807) is 6.20 Å². The maximum absolute atomic E-state index is 10.3. The molecule has 0 spiro atoms. The number of anilines is 1. The molecule has 0 aromatic carbocycles. The molecule has 1 unspecified atom stereocenters. The lowest BCUT2D eigenvalue weighted by atomic mass is 9.91. The molecule has 19 heavy (non-hydrogen) atoms. The lowest BCUT2D eigenvalue weighted by Crippen LogP contribution is -2.42. The van der Waals surface area contributed by atoms with Crippen LogP contribution in [0.4, 0.5) is 5.82 Å². The zero-order valence-corrected chi connectivity index (χ0v) is 10.1. The molecular formula is C11H14N4O4. The summed E-state index contributed by atoms with van der Waals surface area (Å²) in [4.78, 5) is 10.8.